The van der Waals surface area contributed by atoms with Gasteiger partial charge in [-0.05, 0) is 60.5 Å². The summed E-state index contributed by atoms with van der Waals surface area (Å²) in [5, 5.41) is 0. The maximum absolute atomic E-state index is 11.5. The predicted octanol–water partition coefficient (Wildman–Crippen LogP) is 4.76. The van der Waals surface area contributed by atoms with Crippen LogP contribution in [0.1, 0.15) is 25.3 Å². The summed E-state index contributed by atoms with van der Waals surface area (Å²) in [5.74, 6) is 1.24. The zero-order valence-corrected chi connectivity index (χ0v) is 13.9. The second-order valence-electron chi connectivity index (χ2n) is 5.08. The second kappa shape index (κ2) is 9.35. The SMILES string of the molecule is CCCCOC(=O)Oc1ccc(/C=N/c2ccc(OC)cc2)cc1. The molecule has 2 aromatic rings. The number of nitrogens with zero attached hydrogens (tertiary/aromatic N) is 1. The maximum Gasteiger partial charge on any atom is 0.513 e. The summed E-state index contributed by atoms with van der Waals surface area (Å²) in [7, 11) is 1.63. The molecule has 0 saturated carbocycles. The number of rotatable bonds is 7. The normalized spacial score (nSPS) is 10.6. The van der Waals surface area contributed by atoms with E-state index in [1.165, 1.54) is 0 Å². The first-order chi connectivity index (χ1) is 11.7. The molecule has 0 aliphatic carbocycles. The van der Waals surface area contributed by atoms with Crippen molar-refractivity contribution < 1.29 is 19.0 Å². The van der Waals surface area contributed by atoms with Crippen LogP contribution in [-0.2, 0) is 4.74 Å². The number of methoxy groups -OCH3 is 1. The van der Waals surface area contributed by atoms with Gasteiger partial charge in [-0.2, -0.15) is 0 Å². The van der Waals surface area contributed by atoms with Crippen LogP contribution in [0.15, 0.2) is 53.5 Å². The van der Waals surface area contributed by atoms with E-state index in [4.69, 9.17) is 14.2 Å². The Balaban J connectivity index is 1.89. The fourth-order valence-electron chi connectivity index (χ4n) is 1.86. The van der Waals surface area contributed by atoms with Crippen LogP contribution in [0, 0.1) is 0 Å². The van der Waals surface area contributed by atoms with E-state index in [2.05, 4.69) is 4.99 Å². The van der Waals surface area contributed by atoms with Crippen LogP contribution < -0.4 is 9.47 Å². The summed E-state index contributed by atoms with van der Waals surface area (Å²) >= 11 is 0. The van der Waals surface area contributed by atoms with Gasteiger partial charge in [0.1, 0.15) is 11.5 Å². The Morgan fingerprint density at radius 1 is 1.04 bits per heavy atom. The molecular formula is C19H21NO4. The summed E-state index contributed by atoms with van der Waals surface area (Å²) in [6, 6.07) is 14.5. The van der Waals surface area contributed by atoms with Gasteiger partial charge < -0.3 is 14.2 Å². The van der Waals surface area contributed by atoms with E-state index in [0.717, 1.165) is 29.8 Å². The van der Waals surface area contributed by atoms with Crippen molar-refractivity contribution in [2.75, 3.05) is 13.7 Å². The minimum atomic E-state index is -0.678. The van der Waals surface area contributed by atoms with Crippen LogP contribution in [0.5, 0.6) is 11.5 Å². The molecular weight excluding hydrogens is 306 g/mol. The molecule has 0 unspecified atom stereocenters. The largest absolute Gasteiger partial charge is 0.513 e. The fraction of sp³-hybridized carbons (Fsp3) is 0.263. The highest BCUT2D eigenvalue weighted by Gasteiger charge is 2.05. The van der Waals surface area contributed by atoms with Crippen molar-refractivity contribution in [3.63, 3.8) is 0 Å². The van der Waals surface area contributed by atoms with Gasteiger partial charge in [-0.1, -0.05) is 13.3 Å². The lowest BCUT2D eigenvalue weighted by Gasteiger charge is -2.05. The molecule has 0 spiro atoms. The first-order valence-corrected chi connectivity index (χ1v) is 7.84. The second-order valence-corrected chi connectivity index (χ2v) is 5.08. The average Bonchev–Trinajstić information content (AvgIpc) is 2.62. The third-order valence-corrected chi connectivity index (χ3v) is 3.23. The first-order valence-electron chi connectivity index (χ1n) is 7.84. The zero-order chi connectivity index (χ0) is 17.2. The molecule has 2 aromatic carbocycles. The van der Waals surface area contributed by atoms with Gasteiger partial charge in [0, 0.05) is 6.21 Å². The third kappa shape index (κ3) is 5.76. The van der Waals surface area contributed by atoms with E-state index >= 15 is 0 Å². The molecule has 5 nitrogen and oxygen atoms in total. The van der Waals surface area contributed by atoms with Crippen molar-refractivity contribution in [3.05, 3.63) is 54.1 Å². The van der Waals surface area contributed by atoms with Crippen LogP contribution in [-0.4, -0.2) is 26.1 Å². The van der Waals surface area contributed by atoms with E-state index in [9.17, 15) is 4.79 Å². The smallest absolute Gasteiger partial charge is 0.497 e. The van der Waals surface area contributed by atoms with Crippen molar-refractivity contribution in [1.29, 1.82) is 0 Å². The molecule has 0 aromatic heterocycles. The molecule has 0 heterocycles. The van der Waals surface area contributed by atoms with Crippen molar-refractivity contribution in [3.8, 4) is 11.5 Å². The van der Waals surface area contributed by atoms with Gasteiger partial charge in [0.25, 0.3) is 0 Å². The molecule has 0 bridgehead atoms. The maximum atomic E-state index is 11.5. The monoisotopic (exact) mass is 327 g/mol. The standard InChI is InChI=1S/C19H21NO4/c1-3-4-13-23-19(21)24-18-9-5-15(6-10-18)14-20-16-7-11-17(22-2)12-8-16/h5-12,14H,3-4,13H2,1-2H3/b20-14+. The van der Waals surface area contributed by atoms with Crippen molar-refractivity contribution in [1.82, 2.24) is 0 Å². The van der Waals surface area contributed by atoms with Gasteiger partial charge in [-0.3, -0.25) is 4.99 Å². The Bertz CT molecular complexity index is 663. The van der Waals surface area contributed by atoms with E-state index in [1.807, 2.05) is 43.3 Å². The highest BCUT2D eigenvalue weighted by atomic mass is 16.7. The molecule has 0 radical (unpaired) electrons. The number of unbranched alkanes of at least 4 members (excludes halogenated alkanes) is 1. The van der Waals surface area contributed by atoms with Crippen LogP contribution in [0.4, 0.5) is 10.5 Å². The molecule has 2 rings (SSSR count). The Kier molecular flexibility index (Phi) is 6.83. The summed E-state index contributed by atoms with van der Waals surface area (Å²) < 4.78 is 15.1. The number of carbonyl (C=O) groups excluding carboxylic acids is 1. The van der Waals surface area contributed by atoms with Crippen LogP contribution >= 0.6 is 0 Å². The molecule has 5 heteroatoms. The lowest BCUT2D eigenvalue weighted by molar-refractivity contribution is 0.0978. The first kappa shape index (κ1) is 17.5. The Labute approximate surface area is 141 Å². The number of hydrogen-bond donors (Lipinski definition) is 0. The summed E-state index contributed by atoms with van der Waals surface area (Å²) in [6.45, 7) is 2.41. The quantitative estimate of drug-likeness (QED) is 0.318. The molecule has 0 aliphatic heterocycles. The summed E-state index contributed by atoms with van der Waals surface area (Å²) in [6.07, 6.45) is 2.86. The van der Waals surface area contributed by atoms with Gasteiger partial charge in [-0.25, -0.2) is 4.79 Å². The van der Waals surface area contributed by atoms with Crippen LogP contribution in [0.25, 0.3) is 0 Å². The number of ether oxygens (including phenoxy) is 3. The third-order valence-electron chi connectivity index (χ3n) is 3.23. The Hall–Kier alpha value is -2.82. The van der Waals surface area contributed by atoms with E-state index in [-0.39, 0.29) is 0 Å². The zero-order valence-electron chi connectivity index (χ0n) is 13.9. The number of carbonyl (C=O) groups is 1. The minimum Gasteiger partial charge on any atom is -0.497 e. The van der Waals surface area contributed by atoms with Gasteiger partial charge in [-0.15, -0.1) is 0 Å². The highest BCUT2D eigenvalue weighted by molar-refractivity contribution is 5.82. The van der Waals surface area contributed by atoms with Crippen molar-refractivity contribution in [2.24, 2.45) is 4.99 Å². The molecule has 0 atom stereocenters. The Morgan fingerprint density at radius 2 is 1.71 bits per heavy atom. The van der Waals surface area contributed by atoms with Crippen molar-refractivity contribution >= 4 is 18.1 Å². The van der Waals surface area contributed by atoms with E-state index < -0.39 is 6.16 Å². The molecule has 0 fully saturated rings. The number of aliphatic imine (C=N–C) groups is 1. The topological polar surface area (TPSA) is 57.1 Å². The molecule has 126 valence electrons. The summed E-state index contributed by atoms with van der Waals surface area (Å²) in [5.41, 5.74) is 1.73. The molecule has 0 N–H and O–H groups in total. The van der Waals surface area contributed by atoms with Gasteiger partial charge >= 0.3 is 6.16 Å². The number of hydrogen-bond acceptors (Lipinski definition) is 5. The minimum absolute atomic E-state index is 0.377. The summed E-state index contributed by atoms with van der Waals surface area (Å²) in [4.78, 5) is 15.8. The molecule has 24 heavy (non-hydrogen) atoms. The molecule has 0 amide bonds. The van der Waals surface area contributed by atoms with E-state index in [0.29, 0.717) is 12.4 Å². The fourth-order valence-corrected chi connectivity index (χ4v) is 1.86. The lowest BCUT2D eigenvalue weighted by atomic mass is 10.2. The predicted molar refractivity (Wildman–Crippen MR) is 93.6 cm³/mol. The van der Waals surface area contributed by atoms with Gasteiger partial charge in [0.15, 0.2) is 0 Å². The molecule has 0 aliphatic rings. The lowest BCUT2D eigenvalue weighted by Crippen LogP contribution is -2.11. The van der Waals surface area contributed by atoms with Crippen molar-refractivity contribution in [2.45, 2.75) is 19.8 Å². The van der Waals surface area contributed by atoms with Crippen LogP contribution in [0.2, 0.25) is 0 Å². The number of benzene rings is 2. The Morgan fingerprint density at radius 3 is 2.33 bits per heavy atom. The van der Waals surface area contributed by atoms with Gasteiger partial charge in [0.2, 0.25) is 0 Å². The highest BCUT2D eigenvalue weighted by Crippen LogP contribution is 2.18. The molecule has 0 saturated heterocycles. The average molecular weight is 327 g/mol. The van der Waals surface area contributed by atoms with Gasteiger partial charge in [0.05, 0.1) is 19.4 Å². The van der Waals surface area contributed by atoms with Crippen LogP contribution in [0.3, 0.4) is 0 Å². The van der Waals surface area contributed by atoms with E-state index in [1.54, 1.807) is 25.5 Å².